The van der Waals surface area contributed by atoms with E-state index in [4.69, 9.17) is 46.7 Å². The Morgan fingerprint density at radius 1 is 0.717 bits per heavy atom. The first-order valence-electron chi connectivity index (χ1n) is 18.4. The molecule has 0 radical (unpaired) electrons. The highest BCUT2D eigenvalue weighted by molar-refractivity contribution is 6.73. The summed E-state index contributed by atoms with van der Waals surface area (Å²) in [5, 5.41) is -0.532. The minimum atomic E-state index is -2.93. The maximum absolute atomic E-state index is 13.6. The van der Waals surface area contributed by atoms with Crippen molar-refractivity contribution in [2.45, 2.75) is 120 Å². The second kappa shape index (κ2) is 15.6. The molecule has 0 spiro atoms. The average molecular weight is 749 g/mol. The van der Waals surface area contributed by atoms with Crippen LogP contribution < -0.4 is 0 Å². The smallest absolute Gasteiger partial charge is 0.349 e. The molecule has 0 bridgehead atoms. The van der Waals surface area contributed by atoms with Crippen LogP contribution in [0.2, 0.25) is 10.1 Å². The van der Waals surface area contributed by atoms with Gasteiger partial charge in [0.1, 0.15) is 36.6 Å². The zero-order valence-corrected chi connectivity index (χ0v) is 32.5. The fourth-order valence-corrected chi connectivity index (χ4v) is 13.0. The lowest BCUT2D eigenvalue weighted by molar-refractivity contribution is -0.376. The van der Waals surface area contributed by atoms with Crippen molar-refractivity contribution < 1.29 is 51.5 Å². The van der Waals surface area contributed by atoms with Crippen LogP contribution in [0.5, 0.6) is 0 Å². The van der Waals surface area contributed by atoms with E-state index in [1.807, 2.05) is 66.7 Å². The highest BCUT2D eigenvalue weighted by atomic mass is 28.4. The topological polar surface area (TPSA) is 109 Å². The number of fused-ring (bicyclic) bond motifs is 2. The number of rotatable bonds is 9. The Morgan fingerprint density at radius 2 is 1.32 bits per heavy atom. The highest BCUT2D eigenvalue weighted by Crippen LogP contribution is 2.56. The number of ether oxygens (including phenoxy) is 8. The second-order valence-electron chi connectivity index (χ2n) is 16.1. The van der Waals surface area contributed by atoms with Gasteiger partial charge in [-0.1, -0.05) is 120 Å². The first-order chi connectivity index (χ1) is 25.4. The third-order valence-corrected chi connectivity index (χ3v) is 15.5. The summed E-state index contributed by atoms with van der Waals surface area (Å²) in [5.74, 6) is -0.555. The van der Waals surface area contributed by atoms with E-state index in [2.05, 4.69) is 41.5 Å². The summed E-state index contributed by atoms with van der Waals surface area (Å²) in [6.07, 6.45) is -7.63. The monoisotopic (exact) mass is 748 g/mol. The van der Waals surface area contributed by atoms with Crippen molar-refractivity contribution in [2.24, 2.45) is 0 Å². The van der Waals surface area contributed by atoms with Gasteiger partial charge in [0.2, 0.25) is 0 Å². The maximum Gasteiger partial charge on any atom is 0.349 e. The van der Waals surface area contributed by atoms with Gasteiger partial charge in [0.25, 0.3) is 0 Å². The van der Waals surface area contributed by atoms with Gasteiger partial charge in [0, 0.05) is 22.7 Å². The van der Waals surface area contributed by atoms with Crippen LogP contribution in [0.25, 0.3) is 0 Å². The molecule has 53 heavy (non-hydrogen) atoms. The minimum Gasteiger partial charge on any atom is -0.450 e. The fourth-order valence-electron chi connectivity index (χ4n) is 8.07. The molecule has 0 aliphatic carbocycles. The van der Waals surface area contributed by atoms with Gasteiger partial charge in [-0.2, -0.15) is 0 Å². The van der Waals surface area contributed by atoms with Crippen LogP contribution in [0.4, 0.5) is 0 Å². The molecule has 11 nitrogen and oxygen atoms in total. The number of hydrogen-bond donors (Lipinski definition) is 0. The summed E-state index contributed by atoms with van der Waals surface area (Å²) in [6, 6.07) is 28.4. The molecule has 0 aromatic heterocycles. The summed E-state index contributed by atoms with van der Waals surface area (Å²) in [5.41, 5.74) is 2.21. The molecule has 4 saturated heterocycles. The summed E-state index contributed by atoms with van der Waals surface area (Å²) in [7, 11) is -1.43. The molecule has 4 heterocycles. The second-order valence-corrected chi connectivity index (χ2v) is 20.9. The van der Waals surface area contributed by atoms with Gasteiger partial charge >= 0.3 is 14.5 Å². The number of hydrogen-bond acceptors (Lipinski definition) is 11. The van der Waals surface area contributed by atoms with Gasteiger partial charge in [-0.25, -0.2) is 4.79 Å². The van der Waals surface area contributed by atoms with Crippen molar-refractivity contribution in [2.75, 3.05) is 20.3 Å². The Hall–Kier alpha value is -3.01. The lowest BCUT2D eigenvalue weighted by Gasteiger charge is -2.53. The molecule has 286 valence electrons. The van der Waals surface area contributed by atoms with Gasteiger partial charge in [-0.3, -0.25) is 0 Å². The molecule has 4 aliphatic heterocycles. The third kappa shape index (κ3) is 7.77. The fraction of sp³-hybridized carbons (Fsp3) is 0.537. The quantitative estimate of drug-likeness (QED) is 0.169. The molecular formula is C41H52O11Si. The number of methoxy groups -OCH3 is 1. The molecule has 2 unspecified atom stereocenters. The van der Waals surface area contributed by atoms with Crippen LogP contribution in [-0.2, 0) is 53.4 Å². The number of esters is 1. The van der Waals surface area contributed by atoms with E-state index in [0.29, 0.717) is 18.8 Å². The first kappa shape index (κ1) is 38.3. The van der Waals surface area contributed by atoms with Gasteiger partial charge in [0.15, 0.2) is 25.0 Å². The van der Waals surface area contributed by atoms with E-state index in [0.717, 1.165) is 11.1 Å². The van der Waals surface area contributed by atoms with Crippen LogP contribution >= 0.6 is 0 Å². The summed E-state index contributed by atoms with van der Waals surface area (Å²) >= 11 is 0. The molecule has 0 N–H and O–H groups in total. The molecular weight excluding hydrogens is 697 g/mol. The van der Waals surface area contributed by atoms with Gasteiger partial charge in [-0.15, -0.1) is 0 Å². The summed E-state index contributed by atoms with van der Waals surface area (Å²) in [4.78, 5) is 13.6. The Balaban J connectivity index is 1.24. The van der Waals surface area contributed by atoms with Crippen molar-refractivity contribution in [3.05, 3.63) is 108 Å². The zero-order valence-electron chi connectivity index (χ0n) is 31.5. The average Bonchev–Trinajstić information content (AvgIpc) is 3.50. The van der Waals surface area contributed by atoms with E-state index in [1.54, 1.807) is 24.3 Å². The van der Waals surface area contributed by atoms with Gasteiger partial charge < -0.3 is 46.7 Å². The lowest BCUT2D eigenvalue weighted by atomic mass is 9.97. The minimum absolute atomic E-state index is 0.191. The van der Waals surface area contributed by atoms with Crippen molar-refractivity contribution in [3.63, 3.8) is 0 Å². The van der Waals surface area contributed by atoms with E-state index in [-0.39, 0.29) is 16.7 Å². The maximum atomic E-state index is 13.6. The molecule has 4 aliphatic rings. The van der Waals surface area contributed by atoms with Gasteiger partial charge in [-0.05, 0) is 17.7 Å². The zero-order chi connectivity index (χ0) is 37.4. The van der Waals surface area contributed by atoms with Crippen LogP contribution in [0.3, 0.4) is 0 Å². The van der Waals surface area contributed by atoms with E-state index < -0.39 is 76.1 Å². The van der Waals surface area contributed by atoms with Crippen molar-refractivity contribution in [3.8, 4) is 0 Å². The van der Waals surface area contributed by atoms with Gasteiger partial charge in [0.05, 0.1) is 25.4 Å². The van der Waals surface area contributed by atoms with Crippen molar-refractivity contribution in [1.29, 1.82) is 0 Å². The molecule has 4 fully saturated rings. The van der Waals surface area contributed by atoms with Crippen molar-refractivity contribution >= 4 is 14.5 Å². The molecule has 7 rings (SSSR count). The lowest BCUT2D eigenvalue weighted by Crippen LogP contribution is -2.66. The molecule has 3 aromatic rings. The number of carbonyl (C=O) groups excluding carboxylic acids is 1. The summed E-state index contributed by atoms with van der Waals surface area (Å²) in [6.45, 7) is 13.9. The van der Waals surface area contributed by atoms with Crippen LogP contribution in [0.15, 0.2) is 91.0 Å². The predicted octanol–water partition coefficient (Wildman–Crippen LogP) is 6.85. The highest BCUT2D eigenvalue weighted by Gasteiger charge is 2.66. The van der Waals surface area contributed by atoms with Crippen molar-refractivity contribution in [1.82, 2.24) is 0 Å². The van der Waals surface area contributed by atoms with E-state index >= 15 is 0 Å². The number of carbonyl (C=O) groups is 1. The molecule has 12 heteroatoms. The predicted molar refractivity (Wildman–Crippen MR) is 196 cm³/mol. The number of benzene rings is 3. The standard InChI is InChI=1S/C41H52O11Si/c1-40(2,3)53(41(4,5)6)46-25-30-32(52-53)34(44-23-26-17-11-8-12-18-26)39(48-30)51-33-31-29(24-45-37(50-31)28-21-15-10-16-22-28)47-38(43-7)35(33)49-36(42)27-19-13-9-14-20-27/h8-22,29-35,37-39H,23-25H2,1-7H3/t29-,30-,31-,32-,33+,34+,35-,37?,38+,39?/m1/s1. The van der Waals surface area contributed by atoms with E-state index in [9.17, 15) is 4.79 Å². The summed E-state index contributed by atoms with van der Waals surface area (Å²) < 4.78 is 65.7. The molecule has 0 amide bonds. The van der Waals surface area contributed by atoms with Crippen LogP contribution in [-0.4, -0.2) is 90.2 Å². The third-order valence-electron chi connectivity index (χ3n) is 10.4. The van der Waals surface area contributed by atoms with Crippen LogP contribution in [0, 0.1) is 0 Å². The van der Waals surface area contributed by atoms with Crippen LogP contribution in [0.1, 0.15) is 69.3 Å². The normalized spacial score (nSPS) is 32.7. The Kier molecular flexibility index (Phi) is 11.3. The molecule has 0 saturated carbocycles. The van der Waals surface area contributed by atoms with E-state index in [1.165, 1.54) is 7.11 Å². The Bertz CT molecular complexity index is 1630. The molecule has 3 aromatic carbocycles. The SMILES string of the molecule is CO[C@H]1O[C@@H]2COC(c3ccccc3)O[C@H]2[C@H](OC2O[C@@H]3CO[Si](C(C)(C)C)(C(C)(C)C)O[C@H]3[C@@H]2OCc2ccccc2)[C@H]1OC(=O)c1ccccc1. The molecule has 10 atom stereocenters. The Labute approximate surface area is 313 Å². The first-order valence-corrected chi connectivity index (χ1v) is 20.2. The largest absolute Gasteiger partial charge is 0.450 e. The Morgan fingerprint density at radius 3 is 1.96 bits per heavy atom.